The molecule has 0 aliphatic heterocycles. The lowest BCUT2D eigenvalue weighted by atomic mass is 10.0. The first kappa shape index (κ1) is 18.4. The third kappa shape index (κ3) is 4.39. The van der Waals surface area contributed by atoms with Gasteiger partial charge in [-0.05, 0) is 60.0 Å². The van der Waals surface area contributed by atoms with Gasteiger partial charge in [0.25, 0.3) is 0 Å². The van der Waals surface area contributed by atoms with E-state index < -0.39 is 0 Å². The van der Waals surface area contributed by atoms with Crippen LogP contribution in [0.4, 0.5) is 10.2 Å². The van der Waals surface area contributed by atoms with Crippen molar-refractivity contribution >= 4 is 21.7 Å². The largest absolute Gasteiger partial charge is 0.507 e. The van der Waals surface area contributed by atoms with E-state index in [1.54, 1.807) is 24.3 Å². The summed E-state index contributed by atoms with van der Waals surface area (Å²) in [6, 6.07) is 15.1. The van der Waals surface area contributed by atoms with Crippen molar-refractivity contribution in [2.75, 3.05) is 18.5 Å². The molecule has 1 heterocycles. The van der Waals surface area contributed by atoms with Crippen LogP contribution in [0.3, 0.4) is 0 Å². The van der Waals surface area contributed by atoms with Crippen molar-refractivity contribution in [3.63, 3.8) is 0 Å². The van der Waals surface area contributed by atoms with E-state index in [2.05, 4.69) is 26.2 Å². The Bertz CT molecular complexity index is 918. The van der Waals surface area contributed by atoms with Crippen LogP contribution in [0.2, 0.25) is 0 Å². The van der Waals surface area contributed by atoms with Gasteiger partial charge in [0.1, 0.15) is 17.4 Å². The third-order valence-electron chi connectivity index (χ3n) is 3.86. The van der Waals surface area contributed by atoms with Crippen LogP contribution in [-0.4, -0.2) is 28.3 Å². The molecule has 0 radical (unpaired) electrons. The Morgan fingerprint density at radius 2 is 1.88 bits per heavy atom. The molecular formula is C20H18BrFN2O2. The highest BCUT2D eigenvalue weighted by Gasteiger charge is 2.11. The molecule has 0 fully saturated rings. The predicted molar refractivity (Wildman–Crippen MR) is 105 cm³/mol. The number of hydrogen-bond donors (Lipinski definition) is 3. The molecule has 6 heteroatoms. The standard InChI is InChI=1S/C20H18BrFN2O2/c21-15-5-6-19(26)17(12-15)18-10-14(13-3-1-4-16(22)9-13)11-20(24-18)23-7-2-8-25/h1,3-6,9-12,25-26H,2,7-8H2,(H,23,24). The molecule has 0 saturated heterocycles. The second-order valence-electron chi connectivity index (χ2n) is 5.80. The highest BCUT2D eigenvalue weighted by molar-refractivity contribution is 9.10. The van der Waals surface area contributed by atoms with E-state index in [0.29, 0.717) is 35.6 Å². The molecule has 0 aliphatic rings. The number of halogens is 2. The lowest BCUT2D eigenvalue weighted by Gasteiger charge is -2.12. The van der Waals surface area contributed by atoms with E-state index >= 15 is 0 Å². The number of pyridine rings is 1. The van der Waals surface area contributed by atoms with Gasteiger partial charge in [0, 0.05) is 23.2 Å². The van der Waals surface area contributed by atoms with Crippen molar-refractivity contribution in [2.45, 2.75) is 6.42 Å². The maximum Gasteiger partial charge on any atom is 0.127 e. The molecule has 3 N–H and O–H groups in total. The van der Waals surface area contributed by atoms with Gasteiger partial charge in [0.15, 0.2) is 0 Å². The lowest BCUT2D eigenvalue weighted by molar-refractivity contribution is 0.292. The predicted octanol–water partition coefficient (Wildman–Crippen LogP) is 4.82. The molecule has 2 aromatic carbocycles. The zero-order chi connectivity index (χ0) is 18.5. The average molecular weight is 417 g/mol. The topological polar surface area (TPSA) is 65.4 Å². The summed E-state index contributed by atoms with van der Waals surface area (Å²) >= 11 is 3.40. The first-order valence-electron chi connectivity index (χ1n) is 8.18. The number of nitrogens with one attached hydrogen (secondary N) is 1. The number of rotatable bonds is 6. The molecule has 0 unspecified atom stereocenters. The summed E-state index contributed by atoms with van der Waals surface area (Å²) < 4.78 is 14.5. The van der Waals surface area contributed by atoms with Crippen LogP contribution < -0.4 is 5.32 Å². The van der Waals surface area contributed by atoms with E-state index in [9.17, 15) is 9.50 Å². The van der Waals surface area contributed by atoms with Crippen LogP contribution in [0.1, 0.15) is 6.42 Å². The van der Waals surface area contributed by atoms with Crippen molar-refractivity contribution in [1.29, 1.82) is 0 Å². The number of phenolic OH excluding ortho intramolecular Hbond substituents is 1. The Hall–Kier alpha value is -2.44. The van der Waals surface area contributed by atoms with Crippen molar-refractivity contribution < 1.29 is 14.6 Å². The van der Waals surface area contributed by atoms with Gasteiger partial charge in [-0.25, -0.2) is 9.37 Å². The van der Waals surface area contributed by atoms with Gasteiger partial charge < -0.3 is 15.5 Å². The van der Waals surface area contributed by atoms with Crippen molar-refractivity contribution in [2.24, 2.45) is 0 Å². The van der Waals surface area contributed by atoms with Crippen LogP contribution in [0.5, 0.6) is 5.75 Å². The molecule has 134 valence electrons. The fourth-order valence-corrected chi connectivity index (χ4v) is 2.96. The van der Waals surface area contributed by atoms with Crippen molar-refractivity contribution in [3.8, 4) is 28.1 Å². The molecule has 26 heavy (non-hydrogen) atoms. The minimum atomic E-state index is -0.319. The maximum atomic E-state index is 13.6. The minimum absolute atomic E-state index is 0.0792. The van der Waals surface area contributed by atoms with Crippen molar-refractivity contribution in [1.82, 2.24) is 4.98 Å². The Morgan fingerprint density at radius 3 is 2.65 bits per heavy atom. The van der Waals surface area contributed by atoms with E-state index in [1.807, 2.05) is 18.2 Å². The monoisotopic (exact) mass is 416 g/mol. The van der Waals surface area contributed by atoms with Crippen LogP contribution in [-0.2, 0) is 0 Å². The fourth-order valence-electron chi connectivity index (χ4n) is 2.60. The number of aliphatic hydroxyl groups is 1. The Kier molecular flexibility index (Phi) is 5.85. The quantitative estimate of drug-likeness (QED) is 0.504. The van der Waals surface area contributed by atoms with Gasteiger partial charge in [-0.1, -0.05) is 28.1 Å². The second kappa shape index (κ2) is 8.29. The van der Waals surface area contributed by atoms with Crippen LogP contribution in [0, 0.1) is 5.82 Å². The van der Waals surface area contributed by atoms with Crippen LogP contribution >= 0.6 is 15.9 Å². The fraction of sp³-hybridized carbons (Fsp3) is 0.150. The second-order valence-corrected chi connectivity index (χ2v) is 6.72. The SMILES string of the molecule is OCCCNc1cc(-c2cccc(F)c2)cc(-c2cc(Br)ccc2O)n1. The van der Waals surface area contributed by atoms with Crippen LogP contribution in [0.15, 0.2) is 59.1 Å². The van der Waals surface area contributed by atoms with E-state index in [4.69, 9.17) is 5.11 Å². The number of aromatic hydroxyl groups is 1. The number of aliphatic hydroxyl groups excluding tert-OH is 1. The van der Waals surface area contributed by atoms with Gasteiger partial charge in [0.05, 0.1) is 5.69 Å². The molecule has 3 rings (SSSR count). The van der Waals surface area contributed by atoms with Crippen LogP contribution in [0.25, 0.3) is 22.4 Å². The number of hydrogen-bond acceptors (Lipinski definition) is 4. The van der Waals surface area contributed by atoms with Gasteiger partial charge >= 0.3 is 0 Å². The molecule has 0 atom stereocenters. The average Bonchev–Trinajstić information content (AvgIpc) is 2.64. The first-order valence-corrected chi connectivity index (χ1v) is 8.98. The minimum Gasteiger partial charge on any atom is -0.507 e. The zero-order valence-corrected chi connectivity index (χ0v) is 15.5. The molecule has 0 saturated carbocycles. The summed E-state index contributed by atoms with van der Waals surface area (Å²) in [6.45, 7) is 0.635. The summed E-state index contributed by atoms with van der Waals surface area (Å²) in [5.41, 5.74) is 2.63. The highest BCUT2D eigenvalue weighted by atomic mass is 79.9. The lowest BCUT2D eigenvalue weighted by Crippen LogP contribution is -2.05. The number of phenols is 1. The summed E-state index contributed by atoms with van der Waals surface area (Å²) in [5.74, 6) is 0.383. The highest BCUT2D eigenvalue weighted by Crippen LogP contribution is 2.34. The summed E-state index contributed by atoms with van der Waals surface area (Å²) in [5, 5.41) is 22.3. The summed E-state index contributed by atoms with van der Waals surface area (Å²) in [7, 11) is 0. The molecule has 0 aliphatic carbocycles. The Morgan fingerprint density at radius 1 is 1.04 bits per heavy atom. The molecule has 0 spiro atoms. The summed E-state index contributed by atoms with van der Waals surface area (Å²) in [6.07, 6.45) is 0.587. The van der Waals surface area contributed by atoms with E-state index in [-0.39, 0.29) is 18.2 Å². The molecule has 1 aromatic heterocycles. The van der Waals surface area contributed by atoms with Gasteiger partial charge in [-0.3, -0.25) is 0 Å². The normalized spacial score (nSPS) is 10.7. The number of aromatic nitrogens is 1. The van der Waals surface area contributed by atoms with Gasteiger partial charge in [-0.2, -0.15) is 0 Å². The third-order valence-corrected chi connectivity index (χ3v) is 4.35. The van der Waals surface area contributed by atoms with E-state index in [1.165, 1.54) is 12.1 Å². The Balaban J connectivity index is 2.09. The van der Waals surface area contributed by atoms with Gasteiger partial charge in [0.2, 0.25) is 0 Å². The maximum absolute atomic E-state index is 13.6. The summed E-state index contributed by atoms with van der Waals surface area (Å²) in [4.78, 5) is 4.56. The van der Waals surface area contributed by atoms with Gasteiger partial charge in [-0.15, -0.1) is 0 Å². The molecular weight excluding hydrogens is 399 g/mol. The molecule has 0 bridgehead atoms. The number of benzene rings is 2. The first-order chi connectivity index (χ1) is 12.6. The zero-order valence-electron chi connectivity index (χ0n) is 13.9. The van der Waals surface area contributed by atoms with Crippen molar-refractivity contribution in [3.05, 3.63) is 64.9 Å². The molecule has 4 nitrogen and oxygen atoms in total. The number of anilines is 1. The molecule has 3 aromatic rings. The van der Waals surface area contributed by atoms with E-state index in [0.717, 1.165) is 10.0 Å². The molecule has 0 amide bonds. The Labute approximate surface area is 159 Å². The number of nitrogens with zero attached hydrogens (tertiary/aromatic N) is 1. The smallest absolute Gasteiger partial charge is 0.127 e.